The standard InChI is InChI=1S/C13H17N3O2/c1-15-8-13(18)16(9-12(15)17)7-11(14)10-5-3-2-4-6-10/h2-6,11H,7-9,14H2,1H3. The SMILES string of the molecule is CN1CC(=O)N(CC(N)c2ccccc2)CC1=O. The zero-order chi connectivity index (χ0) is 13.1. The summed E-state index contributed by atoms with van der Waals surface area (Å²) in [5, 5.41) is 0. The van der Waals surface area contributed by atoms with Crippen molar-refractivity contribution in [1.29, 1.82) is 0 Å². The summed E-state index contributed by atoms with van der Waals surface area (Å²) in [4.78, 5) is 26.3. The Kier molecular flexibility index (Phi) is 3.62. The molecule has 1 aliphatic rings. The van der Waals surface area contributed by atoms with Gasteiger partial charge in [0.25, 0.3) is 0 Å². The summed E-state index contributed by atoms with van der Waals surface area (Å²) in [6.07, 6.45) is 0. The minimum atomic E-state index is -0.258. The fourth-order valence-electron chi connectivity index (χ4n) is 1.97. The maximum Gasteiger partial charge on any atom is 0.242 e. The average Bonchev–Trinajstić information content (AvgIpc) is 2.37. The third-order valence-electron chi connectivity index (χ3n) is 3.12. The Hall–Kier alpha value is -1.88. The van der Waals surface area contributed by atoms with Gasteiger partial charge in [0.1, 0.15) is 0 Å². The minimum Gasteiger partial charge on any atom is -0.335 e. The molecule has 0 bridgehead atoms. The van der Waals surface area contributed by atoms with Crippen molar-refractivity contribution in [1.82, 2.24) is 9.80 Å². The van der Waals surface area contributed by atoms with Gasteiger partial charge in [-0.25, -0.2) is 0 Å². The largest absolute Gasteiger partial charge is 0.335 e. The topological polar surface area (TPSA) is 66.6 Å². The lowest BCUT2D eigenvalue weighted by Gasteiger charge is -2.33. The number of likely N-dealkylation sites (N-methyl/N-ethyl adjacent to an activating group) is 1. The highest BCUT2D eigenvalue weighted by atomic mass is 16.2. The molecule has 1 saturated heterocycles. The zero-order valence-corrected chi connectivity index (χ0v) is 10.4. The molecule has 0 radical (unpaired) electrons. The molecular formula is C13H17N3O2. The van der Waals surface area contributed by atoms with Crippen molar-refractivity contribution in [3.63, 3.8) is 0 Å². The average molecular weight is 247 g/mol. The Bertz CT molecular complexity index is 447. The predicted octanol–water partition coefficient (Wildman–Crippen LogP) is -0.0130. The first-order valence-electron chi connectivity index (χ1n) is 5.90. The molecule has 18 heavy (non-hydrogen) atoms. The second-order valence-electron chi connectivity index (χ2n) is 4.54. The summed E-state index contributed by atoms with van der Waals surface area (Å²) < 4.78 is 0. The molecule has 1 aromatic rings. The van der Waals surface area contributed by atoms with Crippen molar-refractivity contribution in [2.45, 2.75) is 6.04 Å². The molecule has 0 aromatic heterocycles. The summed E-state index contributed by atoms with van der Waals surface area (Å²) in [6.45, 7) is 0.638. The highest BCUT2D eigenvalue weighted by Crippen LogP contribution is 2.13. The number of benzene rings is 1. The maximum absolute atomic E-state index is 11.8. The van der Waals surface area contributed by atoms with Gasteiger partial charge in [-0.3, -0.25) is 9.59 Å². The van der Waals surface area contributed by atoms with E-state index in [2.05, 4.69) is 0 Å². The first-order chi connectivity index (χ1) is 8.58. The highest BCUT2D eigenvalue weighted by molar-refractivity contribution is 5.92. The van der Waals surface area contributed by atoms with E-state index in [1.807, 2.05) is 30.3 Å². The monoisotopic (exact) mass is 247 g/mol. The van der Waals surface area contributed by atoms with E-state index in [0.29, 0.717) is 6.54 Å². The molecule has 5 heteroatoms. The van der Waals surface area contributed by atoms with Gasteiger partial charge in [0.05, 0.1) is 13.1 Å². The van der Waals surface area contributed by atoms with Crippen LogP contribution in [0, 0.1) is 0 Å². The molecule has 5 nitrogen and oxygen atoms in total. The van der Waals surface area contributed by atoms with Gasteiger partial charge < -0.3 is 15.5 Å². The molecular weight excluding hydrogens is 230 g/mol. The van der Waals surface area contributed by atoms with Crippen LogP contribution in [0.5, 0.6) is 0 Å². The normalized spacial score (nSPS) is 18.1. The van der Waals surface area contributed by atoms with Crippen LogP contribution in [0.1, 0.15) is 11.6 Å². The van der Waals surface area contributed by atoms with Crippen LogP contribution in [-0.2, 0) is 9.59 Å². The van der Waals surface area contributed by atoms with Crippen LogP contribution in [0.3, 0.4) is 0 Å². The lowest BCUT2D eigenvalue weighted by atomic mass is 10.1. The number of amides is 2. The van der Waals surface area contributed by atoms with Crippen LogP contribution in [0.25, 0.3) is 0 Å². The van der Waals surface area contributed by atoms with Crippen LogP contribution in [0.4, 0.5) is 0 Å². The van der Waals surface area contributed by atoms with E-state index in [0.717, 1.165) is 5.56 Å². The third kappa shape index (κ3) is 2.68. The fraction of sp³-hybridized carbons (Fsp3) is 0.385. The van der Waals surface area contributed by atoms with Crippen molar-refractivity contribution >= 4 is 11.8 Å². The van der Waals surface area contributed by atoms with E-state index < -0.39 is 0 Å². The second kappa shape index (κ2) is 5.18. The Morgan fingerprint density at radius 2 is 1.83 bits per heavy atom. The van der Waals surface area contributed by atoms with Crippen molar-refractivity contribution in [3.8, 4) is 0 Å². The smallest absolute Gasteiger partial charge is 0.242 e. The molecule has 96 valence electrons. The van der Waals surface area contributed by atoms with Gasteiger partial charge in [0.15, 0.2) is 0 Å². The van der Waals surface area contributed by atoms with Crippen molar-refractivity contribution in [3.05, 3.63) is 35.9 Å². The van der Waals surface area contributed by atoms with Crippen LogP contribution in [0.15, 0.2) is 30.3 Å². The fourth-order valence-corrected chi connectivity index (χ4v) is 1.97. The molecule has 0 spiro atoms. The number of hydrogen-bond acceptors (Lipinski definition) is 3. The summed E-state index contributed by atoms with van der Waals surface area (Å²) in [5.74, 6) is -0.0988. The molecule has 1 fully saturated rings. The molecule has 1 unspecified atom stereocenters. The van der Waals surface area contributed by atoms with Crippen LogP contribution < -0.4 is 5.73 Å². The first kappa shape index (κ1) is 12.6. The number of nitrogens with zero attached hydrogens (tertiary/aromatic N) is 2. The molecule has 1 heterocycles. The zero-order valence-electron chi connectivity index (χ0n) is 10.4. The Morgan fingerprint density at radius 1 is 1.17 bits per heavy atom. The van der Waals surface area contributed by atoms with Gasteiger partial charge in [0.2, 0.25) is 11.8 Å². The van der Waals surface area contributed by atoms with E-state index in [-0.39, 0.29) is 30.9 Å². The van der Waals surface area contributed by atoms with E-state index in [9.17, 15) is 9.59 Å². The molecule has 2 amide bonds. The summed E-state index contributed by atoms with van der Waals surface area (Å²) in [7, 11) is 1.63. The van der Waals surface area contributed by atoms with Gasteiger partial charge in [0, 0.05) is 19.6 Å². The van der Waals surface area contributed by atoms with E-state index in [1.54, 1.807) is 7.05 Å². The van der Waals surface area contributed by atoms with Crippen molar-refractivity contribution in [2.24, 2.45) is 5.73 Å². The van der Waals surface area contributed by atoms with Crippen molar-refractivity contribution in [2.75, 3.05) is 26.7 Å². The van der Waals surface area contributed by atoms with Crippen molar-refractivity contribution < 1.29 is 9.59 Å². The van der Waals surface area contributed by atoms with Gasteiger partial charge in [-0.05, 0) is 5.56 Å². The van der Waals surface area contributed by atoms with E-state index in [1.165, 1.54) is 9.80 Å². The Balaban J connectivity index is 2.01. The van der Waals surface area contributed by atoms with Crippen LogP contribution in [0.2, 0.25) is 0 Å². The van der Waals surface area contributed by atoms with Crippen LogP contribution >= 0.6 is 0 Å². The molecule has 2 N–H and O–H groups in total. The van der Waals surface area contributed by atoms with Gasteiger partial charge in [-0.2, -0.15) is 0 Å². The number of piperazine rings is 1. The third-order valence-corrected chi connectivity index (χ3v) is 3.12. The number of carbonyl (C=O) groups excluding carboxylic acids is 2. The second-order valence-corrected chi connectivity index (χ2v) is 4.54. The number of nitrogens with two attached hydrogens (primary N) is 1. The Morgan fingerprint density at radius 3 is 2.50 bits per heavy atom. The highest BCUT2D eigenvalue weighted by Gasteiger charge is 2.28. The summed E-state index contributed by atoms with van der Waals surface area (Å²) in [5.41, 5.74) is 7.02. The van der Waals surface area contributed by atoms with E-state index >= 15 is 0 Å². The molecule has 1 aliphatic heterocycles. The number of hydrogen-bond donors (Lipinski definition) is 1. The molecule has 0 saturated carbocycles. The predicted molar refractivity (Wildman–Crippen MR) is 67.6 cm³/mol. The summed E-state index contributed by atoms with van der Waals surface area (Å²) in [6, 6.07) is 9.32. The number of rotatable bonds is 3. The molecule has 1 atom stereocenters. The molecule has 2 rings (SSSR count). The Labute approximate surface area is 106 Å². The maximum atomic E-state index is 11.8. The van der Waals surface area contributed by atoms with Gasteiger partial charge in [-0.15, -0.1) is 0 Å². The lowest BCUT2D eigenvalue weighted by molar-refractivity contribution is -0.148. The number of carbonyl (C=O) groups is 2. The van der Waals surface area contributed by atoms with E-state index in [4.69, 9.17) is 5.73 Å². The molecule has 0 aliphatic carbocycles. The molecule has 1 aromatic carbocycles. The lowest BCUT2D eigenvalue weighted by Crippen LogP contribution is -2.53. The summed E-state index contributed by atoms with van der Waals surface area (Å²) >= 11 is 0. The first-order valence-corrected chi connectivity index (χ1v) is 5.90. The quantitative estimate of drug-likeness (QED) is 0.816. The van der Waals surface area contributed by atoms with Crippen LogP contribution in [-0.4, -0.2) is 48.3 Å². The van der Waals surface area contributed by atoms with Gasteiger partial charge >= 0.3 is 0 Å². The van der Waals surface area contributed by atoms with Gasteiger partial charge in [-0.1, -0.05) is 30.3 Å². The minimum absolute atomic E-state index is 0.0464.